The van der Waals surface area contributed by atoms with Crippen molar-refractivity contribution in [2.45, 2.75) is 6.42 Å². The van der Waals surface area contributed by atoms with E-state index in [0.29, 0.717) is 6.67 Å². The molecule has 0 saturated carbocycles. The highest BCUT2D eigenvalue weighted by molar-refractivity contribution is 8.03. The Kier molecular flexibility index (Phi) is 1.73. The molecule has 3 aliphatic rings. The van der Waals surface area contributed by atoms with Gasteiger partial charge in [-0.1, -0.05) is 0 Å². The standard InChI is InChI=1S/C9H10N3OS/c13-12-3-1-9-10-7-2-4-14-8(7)5-11(9)6-12/h1,3H,2,4-6H2/q+1. The number of fused-ring (bicyclic) bond motifs is 1. The van der Waals surface area contributed by atoms with Crippen molar-refractivity contribution < 1.29 is 4.76 Å². The molecule has 0 atom stereocenters. The van der Waals surface area contributed by atoms with Crippen LogP contribution in [0, 0.1) is 4.91 Å². The van der Waals surface area contributed by atoms with Crippen LogP contribution in [0.25, 0.3) is 0 Å². The predicted octanol–water partition coefficient (Wildman–Crippen LogP) is 1.31. The fraction of sp³-hybridized carbons (Fsp3) is 0.444. The largest absolute Gasteiger partial charge is 0.292 e. The predicted molar refractivity (Wildman–Crippen MR) is 55.9 cm³/mol. The quantitative estimate of drug-likeness (QED) is 0.563. The highest BCUT2D eigenvalue weighted by Gasteiger charge is 2.30. The van der Waals surface area contributed by atoms with Crippen LogP contribution in [0.1, 0.15) is 6.42 Å². The zero-order chi connectivity index (χ0) is 9.54. The van der Waals surface area contributed by atoms with E-state index in [0.717, 1.165) is 29.3 Å². The second-order valence-corrected chi connectivity index (χ2v) is 4.70. The summed E-state index contributed by atoms with van der Waals surface area (Å²) < 4.78 is 0.935. The van der Waals surface area contributed by atoms with Crippen molar-refractivity contribution in [2.24, 2.45) is 4.99 Å². The van der Waals surface area contributed by atoms with Crippen molar-refractivity contribution in [1.29, 1.82) is 0 Å². The number of nitrogens with zero attached hydrogens (tertiary/aromatic N) is 3. The van der Waals surface area contributed by atoms with E-state index in [1.165, 1.54) is 10.6 Å². The summed E-state index contributed by atoms with van der Waals surface area (Å²) in [6.45, 7) is 1.27. The fourth-order valence-corrected chi connectivity index (χ4v) is 2.95. The molecule has 0 saturated heterocycles. The Morgan fingerprint density at radius 3 is 3.43 bits per heavy atom. The molecule has 0 spiro atoms. The van der Waals surface area contributed by atoms with Gasteiger partial charge in [-0.15, -0.1) is 11.8 Å². The smallest absolute Gasteiger partial charge is 0.274 e. The SMILES string of the molecule is O=[N+]1C=CC2=NC3=C(CN2C1)SCC3. The van der Waals surface area contributed by atoms with Crippen LogP contribution < -0.4 is 0 Å². The first-order chi connectivity index (χ1) is 6.83. The van der Waals surface area contributed by atoms with Crippen LogP contribution in [0.2, 0.25) is 0 Å². The molecule has 4 nitrogen and oxygen atoms in total. The molecular weight excluding hydrogens is 198 g/mol. The first kappa shape index (κ1) is 8.23. The summed E-state index contributed by atoms with van der Waals surface area (Å²) in [5.41, 5.74) is 1.23. The van der Waals surface area contributed by atoms with Gasteiger partial charge in [-0.05, 0) is 0 Å². The van der Waals surface area contributed by atoms with Crippen LogP contribution >= 0.6 is 11.8 Å². The van der Waals surface area contributed by atoms with Crippen molar-refractivity contribution in [3.63, 3.8) is 0 Å². The van der Waals surface area contributed by atoms with Crippen LogP contribution in [0.5, 0.6) is 0 Å². The average molecular weight is 208 g/mol. The average Bonchev–Trinajstić information content (AvgIpc) is 2.61. The van der Waals surface area contributed by atoms with Crippen molar-refractivity contribution >= 4 is 17.6 Å². The second kappa shape index (κ2) is 2.95. The lowest BCUT2D eigenvalue weighted by Crippen LogP contribution is -2.40. The molecule has 5 heteroatoms. The third-order valence-electron chi connectivity index (χ3n) is 2.54. The Labute approximate surface area is 85.9 Å². The van der Waals surface area contributed by atoms with E-state index in [1.807, 2.05) is 16.7 Å². The Bertz CT molecular complexity index is 397. The maximum Gasteiger partial charge on any atom is 0.274 e. The Morgan fingerprint density at radius 2 is 2.50 bits per heavy atom. The van der Waals surface area contributed by atoms with Gasteiger partial charge in [-0.3, -0.25) is 4.90 Å². The molecule has 0 bridgehead atoms. The zero-order valence-electron chi connectivity index (χ0n) is 7.64. The van der Waals surface area contributed by atoms with E-state index < -0.39 is 0 Å². The minimum Gasteiger partial charge on any atom is -0.292 e. The first-order valence-electron chi connectivity index (χ1n) is 4.63. The topological polar surface area (TPSA) is 35.7 Å². The summed E-state index contributed by atoms with van der Waals surface area (Å²) >= 11 is 1.87. The summed E-state index contributed by atoms with van der Waals surface area (Å²) in [7, 11) is 0. The minimum absolute atomic E-state index is 0.409. The molecule has 3 rings (SSSR count). The molecule has 0 amide bonds. The normalized spacial score (nSPS) is 25.0. The monoisotopic (exact) mass is 208 g/mol. The van der Waals surface area contributed by atoms with Crippen molar-refractivity contribution in [3.8, 4) is 0 Å². The van der Waals surface area contributed by atoms with Gasteiger partial charge in [-0.25, -0.2) is 4.99 Å². The number of nitroso groups, excluding NO2 is 1. The molecule has 0 aromatic carbocycles. The molecule has 3 heterocycles. The molecule has 0 unspecified atom stereocenters. The Morgan fingerprint density at radius 1 is 1.57 bits per heavy atom. The van der Waals surface area contributed by atoms with Gasteiger partial charge >= 0.3 is 0 Å². The third kappa shape index (κ3) is 1.19. The van der Waals surface area contributed by atoms with Gasteiger partial charge < -0.3 is 0 Å². The lowest BCUT2D eigenvalue weighted by molar-refractivity contribution is -0.500. The Hall–Kier alpha value is -1.10. The number of hydrogen-bond donors (Lipinski definition) is 0. The Balaban J connectivity index is 1.98. The van der Waals surface area contributed by atoms with E-state index in [4.69, 9.17) is 0 Å². The van der Waals surface area contributed by atoms with E-state index in [2.05, 4.69) is 4.99 Å². The van der Waals surface area contributed by atoms with Gasteiger partial charge in [0.05, 0.1) is 17.0 Å². The zero-order valence-corrected chi connectivity index (χ0v) is 8.46. The maximum absolute atomic E-state index is 11.1. The number of allylic oxidation sites excluding steroid dienone is 1. The van der Waals surface area contributed by atoms with E-state index in [-0.39, 0.29) is 0 Å². The van der Waals surface area contributed by atoms with E-state index >= 15 is 0 Å². The highest BCUT2D eigenvalue weighted by atomic mass is 32.2. The van der Waals surface area contributed by atoms with Gasteiger partial charge in [0.15, 0.2) is 0 Å². The number of amidine groups is 1. The van der Waals surface area contributed by atoms with Crippen LogP contribution in [-0.4, -0.2) is 34.5 Å². The second-order valence-electron chi connectivity index (χ2n) is 3.51. The summed E-state index contributed by atoms with van der Waals surface area (Å²) in [4.78, 5) is 19.0. The van der Waals surface area contributed by atoms with Crippen LogP contribution in [-0.2, 0) is 0 Å². The molecule has 0 radical (unpaired) electrons. The molecule has 0 aliphatic carbocycles. The van der Waals surface area contributed by atoms with Crippen molar-refractivity contribution in [2.75, 3.05) is 19.0 Å². The van der Waals surface area contributed by atoms with Crippen LogP contribution in [0.3, 0.4) is 0 Å². The van der Waals surface area contributed by atoms with E-state index in [1.54, 1.807) is 12.3 Å². The molecule has 72 valence electrons. The van der Waals surface area contributed by atoms with Gasteiger partial charge in [0.25, 0.3) is 6.67 Å². The maximum atomic E-state index is 11.1. The minimum atomic E-state index is 0.409. The summed E-state index contributed by atoms with van der Waals surface area (Å²) in [6, 6.07) is 0. The summed E-state index contributed by atoms with van der Waals surface area (Å²) in [5.74, 6) is 2.08. The highest BCUT2D eigenvalue weighted by Crippen LogP contribution is 2.35. The fourth-order valence-electron chi connectivity index (χ4n) is 1.84. The third-order valence-corrected chi connectivity index (χ3v) is 3.67. The number of hydrogen-bond acceptors (Lipinski definition) is 4. The molecule has 0 fully saturated rings. The number of aliphatic imine (C=N–C) groups is 1. The molecule has 0 aromatic heterocycles. The lowest BCUT2D eigenvalue weighted by atomic mass is 10.2. The summed E-state index contributed by atoms with van der Waals surface area (Å²) in [5, 5.41) is 0. The molecular formula is C9H10N3OS+. The van der Waals surface area contributed by atoms with Crippen LogP contribution in [0.15, 0.2) is 27.9 Å². The number of rotatable bonds is 0. The van der Waals surface area contributed by atoms with Crippen LogP contribution in [0.4, 0.5) is 0 Å². The molecule has 0 aromatic rings. The summed E-state index contributed by atoms with van der Waals surface area (Å²) in [6.07, 6.45) is 4.42. The van der Waals surface area contributed by atoms with Crippen molar-refractivity contribution in [3.05, 3.63) is 27.8 Å². The van der Waals surface area contributed by atoms with E-state index in [9.17, 15) is 4.91 Å². The first-order valence-corrected chi connectivity index (χ1v) is 5.62. The lowest BCUT2D eigenvalue weighted by Gasteiger charge is -2.25. The van der Waals surface area contributed by atoms with Gasteiger partial charge in [0.2, 0.25) is 6.20 Å². The van der Waals surface area contributed by atoms with Crippen molar-refractivity contribution in [1.82, 2.24) is 4.90 Å². The molecule has 3 aliphatic heterocycles. The number of thioether (sulfide) groups is 1. The van der Waals surface area contributed by atoms with Gasteiger partial charge in [0, 0.05) is 28.1 Å². The van der Waals surface area contributed by atoms with Gasteiger partial charge in [-0.2, -0.15) is 0 Å². The molecule has 0 N–H and O–H groups in total. The van der Waals surface area contributed by atoms with Gasteiger partial charge in [0.1, 0.15) is 5.84 Å². The molecule has 14 heavy (non-hydrogen) atoms.